The Morgan fingerprint density at radius 3 is 2.26 bits per heavy atom. The van der Waals surface area contributed by atoms with Crippen LogP contribution in [0.25, 0.3) is 0 Å². The van der Waals surface area contributed by atoms with Gasteiger partial charge in [0.15, 0.2) is 11.6 Å². The zero-order valence-electron chi connectivity index (χ0n) is 22.3. The van der Waals surface area contributed by atoms with Crippen molar-refractivity contribution in [3.05, 3.63) is 70.3 Å². The third-order valence-electron chi connectivity index (χ3n) is 5.93. The second-order valence-corrected chi connectivity index (χ2v) is 10.3. The van der Waals surface area contributed by atoms with Gasteiger partial charge in [0.1, 0.15) is 5.60 Å². The van der Waals surface area contributed by atoms with Crippen molar-refractivity contribution in [3.63, 3.8) is 0 Å². The van der Waals surface area contributed by atoms with Crippen molar-refractivity contribution in [3.8, 4) is 11.8 Å². The van der Waals surface area contributed by atoms with Gasteiger partial charge in [0.05, 0.1) is 5.56 Å². The monoisotopic (exact) mass is 553 g/mol. The molecule has 5 nitrogen and oxygen atoms in total. The Hall–Kier alpha value is -3.45. The van der Waals surface area contributed by atoms with Crippen molar-refractivity contribution < 1.29 is 41.4 Å². The Morgan fingerprint density at radius 1 is 1.13 bits per heavy atom. The molecule has 212 valence electrons. The molecular weight excluding hydrogens is 521 g/mol. The fraction of sp³-hybridized carbons (Fsp3) is 0.448. The molecular formula is C29H32F5NO4. The van der Waals surface area contributed by atoms with Gasteiger partial charge in [0.2, 0.25) is 0 Å². The predicted molar refractivity (Wildman–Crippen MR) is 136 cm³/mol. The largest absolute Gasteiger partial charge is 0.490 e. The number of hydrogen-bond donors (Lipinski definition) is 1. The van der Waals surface area contributed by atoms with Crippen molar-refractivity contribution in [2.24, 2.45) is 0 Å². The number of carbonyl (C=O) groups is 2. The summed E-state index contributed by atoms with van der Waals surface area (Å²) in [4.78, 5) is 21.0. The van der Waals surface area contributed by atoms with Gasteiger partial charge >= 0.3 is 12.1 Å². The lowest BCUT2D eigenvalue weighted by Crippen LogP contribution is -2.38. The van der Waals surface area contributed by atoms with E-state index in [9.17, 15) is 26.7 Å². The van der Waals surface area contributed by atoms with Crippen LogP contribution in [0, 0.1) is 23.5 Å². The maximum absolute atomic E-state index is 13.7. The van der Waals surface area contributed by atoms with E-state index < -0.39 is 23.8 Å². The molecule has 1 N–H and O–H groups in total. The van der Waals surface area contributed by atoms with Gasteiger partial charge in [-0.1, -0.05) is 30.9 Å². The lowest BCUT2D eigenvalue weighted by molar-refractivity contribution is -0.192. The molecule has 0 amide bonds. The number of ether oxygens (including phenoxy) is 1. The highest BCUT2D eigenvalue weighted by Crippen LogP contribution is 2.52. The van der Waals surface area contributed by atoms with E-state index in [1.165, 1.54) is 42.5 Å². The molecule has 1 heterocycles. The Kier molecular flexibility index (Phi) is 10.6. The molecule has 0 unspecified atom stereocenters. The Labute approximate surface area is 225 Å². The summed E-state index contributed by atoms with van der Waals surface area (Å²) in [6.45, 7) is 11.4. The number of fused-ring (bicyclic) bond motifs is 2. The van der Waals surface area contributed by atoms with Crippen LogP contribution in [0.5, 0.6) is 0 Å². The smallest absolute Gasteiger partial charge is 0.475 e. The first-order chi connectivity index (χ1) is 18.1. The molecule has 1 spiro atoms. The fourth-order valence-electron chi connectivity index (χ4n) is 4.03. The quantitative estimate of drug-likeness (QED) is 0.278. The van der Waals surface area contributed by atoms with Crippen molar-refractivity contribution in [1.29, 1.82) is 0 Å². The first kappa shape index (κ1) is 31.8. The van der Waals surface area contributed by atoms with Crippen LogP contribution in [-0.4, -0.2) is 47.3 Å². The number of carbonyl (C=O) groups excluding carboxylic acids is 1. The van der Waals surface area contributed by atoms with Gasteiger partial charge in [-0.15, -0.1) is 0 Å². The summed E-state index contributed by atoms with van der Waals surface area (Å²) in [5.41, 5.74) is 3.75. The van der Waals surface area contributed by atoms with Crippen LogP contribution in [-0.2, 0) is 26.3 Å². The van der Waals surface area contributed by atoms with E-state index in [0.29, 0.717) is 11.9 Å². The highest BCUT2D eigenvalue weighted by Gasteiger charge is 2.48. The number of aliphatic carboxylic acids is 1. The minimum absolute atomic E-state index is 0.105. The molecule has 2 aromatic carbocycles. The number of hydrogen-bond acceptors (Lipinski definition) is 4. The summed E-state index contributed by atoms with van der Waals surface area (Å²) in [5, 5.41) is 7.12. The molecule has 0 atom stereocenters. The molecule has 0 saturated heterocycles. The van der Waals surface area contributed by atoms with Crippen molar-refractivity contribution in [1.82, 2.24) is 4.90 Å². The molecule has 39 heavy (non-hydrogen) atoms. The van der Waals surface area contributed by atoms with E-state index in [2.05, 4.69) is 40.5 Å². The van der Waals surface area contributed by atoms with Gasteiger partial charge in [0, 0.05) is 24.1 Å². The number of carboxylic acids is 1. The SMILES string of the molecule is CC(C)(C)OC=O.CCCN1Cc2ccc(C#Cc3cccc(F)c3F)cc2C2(CC2)C1.O=C(O)C(F)(F)F. The zero-order valence-corrected chi connectivity index (χ0v) is 22.3. The van der Waals surface area contributed by atoms with Gasteiger partial charge in [-0.25, -0.2) is 13.6 Å². The first-order valence-electron chi connectivity index (χ1n) is 12.4. The lowest BCUT2D eigenvalue weighted by Gasteiger charge is -2.35. The molecule has 4 rings (SSSR count). The molecule has 1 fully saturated rings. The van der Waals surface area contributed by atoms with Gasteiger partial charge < -0.3 is 9.84 Å². The lowest BCUT2D eigenvalue weighted by atomic mass is 9.85. The van der Waals surface area contributed by atoms with E-state index in [0.717, 1.165) is 31.3 Å². The molecule has 1 aliphatic carbocycles. The third kappa shape index (κ3) is 9.66. The maximum atomic E-state index is 13.7. The van der Waals surface area contributed by atoms with Crippen LogP contribution in [0.15, 0.2) is 36.4 Å². The Bertz CT molecular complexity index is 1220. The van der Waals surface area contributed by atoms with Gasteiger partial charge in [-0.05, 0) is 82.0 Å². The number of carboxylic acid groups (broad SMARTS) is 1. The Morgan fingerprint density at radius 2 is 1.77 bits per heavy atom. The average molecular weight is 554 g/mol. The van der Waals surface area contributed by atoms with Gasteiger partial charge in [-0.3, -0.25) is 9.69 Å². The second-order valence-electron chi connectivity index (χ2n) is 10.3. The zero-order chi connectivity index (χ0) is 29.4. The number of benzene rings is 2. The maximum Gasteiger partial charge on any atom is 0.490 e. The number of halogens is 5. The second kappa shape index (κ2) is 13.1. The average Bonchev–Trinajstić information content (AvgIpc) is 3.59. The van der Waals surface area contributed by atoms with E-state index in [1.54, 1.807) is 0 Å². The molecule has 0 aromatic heterocycles. The highest BCUT2D eigenvalue weighted by molar-refractivity contribution is 5.73. The van der Waals surface area contributed by atoms with Gasteiger partial charge in [-0.2, -0.15) is 13.2 Å². The Balaban J connectivity index is 0.000000317. The van der Waals surface area contributed by atoms with Crippen LogP contribution in [0.1, 0.15) is 69.2 Å². The molecule has 2 aliphatic rings. The van der Waals surface area contributed by atoms with Crippen LogP contribution in [0.4, 0.5) is 22.0 Å². The van der Waals surface area contributed by atoms with Gasteiger partial charge in [0.25, 0.3) is 6.47 Å². The molecule has 2 aromatic rings. The van der Waals surface area contributed by atoms with E-state index >= 15 is 0 Å². The van der Waals surface area contributed by atoms with E-state index in [1.807, 2.05) is 26.8 Å². The van der Waals surface area contributed by atoms with Crippen LogP contribution >= 0.6 is 0 Å². The molecule has 0 bridgehead atoms. The summed E-state index contributed by atoms with van der Waals surface area (Å²) in [6, 6.07) is 10.4. The highest BCUT2D eigenvalue weighted by atomic mass is 19.4. The summed E-state index contributed by atoms with van der Waals surface area (Å²) in [7, 11) is 0. The number of rotatable bonds is 3. The van der Waals surface area contributed by atoms with Crippen molar-refractivity contribution in [2.75, 3.05) is 13.1 Å². The first-order valence-corrected chi connectivity index (χ1v) is 12.4. The predicted octanol–water partition coefficient (Wildman–Crippen LogP) is 6.21. The number of alkyl halides is 3. The normalized spacial score (nSPS) is 15.3. The molecule has 1 aliphatic heterocycles. The third-order valence-corrected chi connectivity index (χ3v) is 5.93. The summed E-state index contributed by atoms with van der Waals surface area (Å²) in [6.07, 6.45) is -1.45. The van der Waals surface area contributed by atoms with E-state index in [4.69, 9.17) is 9.90 Å². The van der Waals surface area contributed by atoms with Crippen LogP contribution in [0.2, 0.25) is 0 Å². The molecule has 1 saturated carbocycles. The summed E-state index contributed by atoms with van der Waals surface area (Å²) < 4.78 is 63.3. The topological polar surface area (TPSA) is 66.8 Å². The van der Waals surface area contributed by atoms with Crippen molar-refractivity contribution in [2.45, 2.75) is 70.7 Å². The molecule has 10 heteroatoms. The molecule has 0 radical (unpaired) electrons. The van der Waals surface area contributed by atoms with Crippen LogP contribution < -0.4 is 0 Å². The van der Waals surface area contributed by atoms with E-state index in [-0.39, 0.29) is 11.2 Å². The summed E-state index contributed by atoms with van der Waals surface area (Å²) >= 11 is 0. The standard InChI is InChI=1S/C22H21F2N.C5H10O2.C2HF3O2/c1-2-12-25-14-18-9-7-16(13-19(18)22(15-25)10-11-22)6-8-17-4-3-5-20(23)21(17)24;1-5(2,3)7-4-6;3-2(4,5)1(6)7/h3-5,7,9,13H,2,10-12,14-15H2,1H3;4H,1-3H3;(H,6,7). The summed E-state index contributed by atoms with van der Waals surface area (Å²) in [5.74, 6) is 1.30. The minimum atomic E-state index is -5.08. The van der Waals surface area contributed by atoms with Crippen molar-refractivity contribution >= 4 is 12.4 Å². The fourth-order valence-corrected chi connectivity index (χ4v) is 4.03. The number of nitrogens with zero attached hydrogens (tertiary/aromatic N) is 1. The minimum Gasteiger partial charge on any atom is -0.475 e. The van der Waals surface area contributed by atoms with Crippen LogP contribution in [0.3, 0.4) is 0 Å².